The van der Waals surface area contributed by atoms with Crippen molar-refractivity contribution in [3.63, 3.8) is 0 Å². The second-order valence-electron chi connectivity index (χ2n) is 6.63. The molecule has 0 unspecified atom stereocenters. The molecule has 0 aliphatic rings. The van der Waals surface area contributed by atoms with Gasteiger partial charge in [0.15, 0.2) is 0 Å². The first-order valence-corrected chi connectivity index (χ1v) is 9.58. The Bertz CT molecular complexity index is 1030. The van der Waals surface area contributed by atoms with Gasteiger partial charge in [0.25, 0.3) is 5.56 Å². The first-order valence-electron chi connectivity index (χ1n) is 9.58. The number of methoxy groups -OCH3 is 1. The second kappa shape index (κ2) is 10.3. The number of pyridine rings is 1. The van der Waals surface area contributed by atoms with Crippen LogP contribution < -0.4 is 15.6 Å². The van der Waals surface area contributed by atoms with Crippen LogP contribution in [0.4, 0.5) is 5.69 Å². The van der Waals surface area contributed by atoms with Crippen LogP contribution in [0.15, 0.2) is 53.6 Å². The summed E-state index contributed by atoms with van der Waals surface area (Å²) in [6.45, 7) is 2.75. The number of H-pyrrole nitrogens is 1. The Morgan fingerprint density at radius 3 is 2.50 bits per heavy atom. The lowest BCUT2D eigenvalue weighted by Gasteiger charge is -2.09. The molecule has 1 amide bonds. The molecule has 0 atom stereocenters. The molecule has 3 aromatic rings. The van der Waals surface area contributed by atoms with E-state index >= 15 is 0 Å². The average Bonchev–Trinajstić information content (AvgIpc) is 2.75. The van der Waals surface area contributed by atoms with E-state index in [0.29, 0.717) is 48.2 Å². The second-order valence-corrected chi connectivity index (χ2v) is 6.63. The van der Waals surface area contributed by atoms with Gasteiger partial charge in [0, 0.05) is 48.4 Å². The van der Waals surface area contributed by atoms with Crippen LogP contribution in [0.25, 0.3) is 11.4 Å². The Balaban J connectivity index is 1.57. The Morgan fingerprint density at radius 2 is 1.83 bits per heavy atom. The van der Waals surface area contributed by atoms with Crippen LogP contribution in [0.5, 0.6) is 5.75 Å². The number of ether oxygens (including phenoxy) is 2. The number of rotatable bonds is 9. The summed E-state index contributed by atoms with van der Waals surface area (Å²) in [5, 5.41) is 2.82. The first-order chi connectivity index (χ1) is 14.6. The zero-order chi connectivity index (χ0) is 21.3. The van der Waals surface area contributed by atoms with Crippen LogP contribution in [0.1, 0.15) is 17.7 Å². The molecule has 30 heavy (non-hydrogen) atoms. The summed E-state index contributed by atoms with van der Waals surface area (Å²) in [7, 11) is 1.61. The van der Waals surface area contributed by atoms with E-state index in [1.165, 1.54) is 0 Å². The fourth-order valence-corrected chi connectivity index (χ4v) is 2.89. The van der Waals surface area contributed by atoms with Gasteiger partial charge in [-0.2, -0.15) is 0 Å². The molecule has 1 aromatic carbocycles. The van der Waals surface area contributed by atoms with Crippen LogP contribution >= 0.6 is 0 Å². The van der Waals surface area contributed by atoms with Crippen LogP contribution in [-0.2, 0) is 16.0 Å². The number of carbonyl (C=O) groups is 1. The highest BCUT2D eigenvalue weighted by Crippen LogP contribution is 2.17. The van der Waals surface area contributed by atoms with Crippen molar-refractivity contribution in [2.24, 2.45) is 0 Å². The van der Waals surface area contributed by atoms with E-state index in [9.17, 15) is 9.59 Å². The van der Waals surface area contributed by atoms with E-state index in [2.05, 4.69) is 20.3 Å². The van der Waals surface area contributed by atoms with Crippen molar-refractivity contribution in [2.45, 2.75) is 19.8 Å². The lowest BCUT2D eigenvalue weighted by molar-refractivity contribution is -0.116. The average molecular weight is 408 g/mol. The molecule has 0 aliphatic carbocycles. The number of aromatic amines is 1. The fourth-order valence-electron chi connectivity index (χ4n) is 2.89. The number of amides is 1. The van der Waals surface area contributed by atoms with Gasteiger partial charge in [-0.05, 0) is 49.7 Å². The summed E-state index contributed by atoms with van der Waals surface area (Å²) < 4.78 is 10.4. The molecule has 0 spiro atoms. The third-order valence-electron chi connectivity index (χ3n) is 4.47. The van der Waals surface area contributed by atoms with Crippen molar-refractivity contribution in [3.05, 3.63) is 70.4 Å². The Morgan fingerprint density at radius 1 is 1.10 bits per heavy atom. The predicted octanol–water partition coefficient (Wildman–Crippen LogP) is 2.74. The number of aryl methyl sites for hydroxylation is 1. The number of nitrogens with one attached hydrogen (secondary N) is 2. The Labute approximate surface area is 174 Å². The highest BCUT2D eigenvalue weighted by atomic mass is 16.5. The Kier molecular flexibility index (Phi) is 7.29. The highest BCUT2D eigenvalue weighted by molar-refractivity contribution is 5.90. The third-order valence-corrected chi connectivity index (χ3v) is 4.47. The molecule has 2 N–H and O–H groups in total. The molecule has 0 fully saturated rings. The van der Waals surface area contributed by atoms with Crippen molar-refractivity contribution < 1.29 is 14.3 Å². The van der Waals surface area contributed by atoms with Crippen LogP contribution in [0, 0.1) is 6.92 Å². The van der Waals surface area contributed by atoms with Gasteiger partial charge in [0.05, 0.1) is 6.61 Å². The topological polar surface area (TPSA) is 106 Å². The molecule has 8 nitrogen and oxygen atoms in total. The van der Waals surface area contributed by atoms with Crippen molar-refractivity contribution in [1.29, 1.82) is 0 Å². The largest absolute Gasteiger partial charge is 0.491 e. The molecule has 2 heterocycles. The summed E-state index contributed by atoms with van der Waals surface area (Å²) in [5.74, 6) is 1.01. The molecule has 3 rings (SSSR count). The summed E-state index contributed by atoms with van der Waals surface area (Å²) in [4.78, 5) is 36.0. The minimum atomic E-state index is -0.236. The summed E-state index contributed by atoms with van der Waals surface area (Å²) >= 11 is 0. The van der Waals surface area contributed by atoms with E-state index in [0.717, 1.165) is 5.56 Å². The monoisotopic (exact) mass is 408 g/mol. The summed E-state index contributed by atoms with van der Waals surface area (Å²) in [6.07, 6.45) is 3.75. The molecule has 0 radical (unpaired) electrons. The van der Waals surface area contributed by atoms with E-state index < -0.39 is 0 Å². The van der Waals surface area contributed by atoms with Gasteiger partial charge < -0.3 is 19.8 Å². The van der Waals surface area contributed by atoms with E-state index in [1.807, 2.05) is 0 Å². The number of aromatic nitrogens is 3. The van der Waals surface area contributed by atoms with Crippen molar-refractivity contribution in [1.82, 2.24) is 15.0 Å². The maximum Gasteiger partial charge on any atom is 0.254 e. The van der Waals surface area contributed by atoms with Gasteiger partial charge in [0.1, 0.15) is 18.2 Å². The van der Waals surface area contributed by atoms with Gasteiger partial charge in [-0.3, -0.25) is 14.6 Å². The number of hydrogen-bond donors (Lipinski definition) is 2. The zero-order valence-electron chi connectivity index (χ0n) is 17.0. The smallest absolute Gasteiger partial charge is 0.254 e. The number of benzene rings is 1. The molecule has 0 aliphatic heterocycles. The molecular weight excluding hydrogens is 384 g/mol. The number of anilines is 1. The van der Waals surface area contributed by atoms with Crippen LogP contribution in [0.3, 0.4) is 0 Å². The van der Waals surface area contributed by atoms with Crippen molar-refractivity contribution in [3.8, 4) is 17.1 Å². The van der Waals surface area contributed by atoms with Gasteiger partial charge >= 0.3 is 0 Å². The minimum Gasteiger partial charge on any atom is -0.491 e. The number of carbonyl (C=O) groups excluding carboxylic acids is 1. The molecule has 0 bridgehead atoms. The molecular formula is C22H24N4O4. The SMILES string of the molecule is COCCOc1ccc(NC(=O)CCc2c(C)nc(-c3ccncc3)[nH]c2=O)cc1. The lowest BCUT2D eigenvalue weighted by Crippen LogP contribution is -2.20. The van der Waals surface area contributed by atoms with Crippen LogP contribution in [0.2, 0.25) is 0 Å². The van der Waals surface area contributed by atoms with Gasteiger partial charge in [0.2, 0.25) is 5.91 Å². The molecule has 0 saturated carbocycles. The molecule has 8 heteroatoms. The molecule has 2 aromatic heterocycles. The van der Waals surface area contributed by atoms with Crippen molar-refractivity contribution >= 4 is 11.6 Å². The first kappa shape index (κ1) is 21.2. The van der Waals surface area contributed by atoms with Crippen molar-refractivity contribution in [2.75, 3.05) is 25.6 Å². The lowest BCUT2D eigenvalue weighted by atomic mass is 10.1. The maximum absolute atomic E-state index is 12.5. The van der Waals surface area contributed by atoms with Crippen LogP contribution in [-0.4, -0.2) is 41.2 Å². The fraction of sp³-hybridized carbons (Fsp3) is 0.273. The minimum absolute atomic E-state index is 0.173. The predicted molar refractivity (Wildman–Crippen MR) is 114 cm³/mol. The summed E-state index contributed by atoms with van der Waals surface area (Å²) in [5.41, 5.74) is 2.32. The van der Waals surface area contributed by atoms with Gasteiger partial charge in [-0.15, -0.1) is 0 Å². The maximum atomic E-state index is 12.5. The number of hydrogen-bond acceptors (Lipinski definition) is 6. The molecule has 0 saturated heterocycles. The standard InChI is InChI=1S/C22H24N4O4/c1-15-19(22(28)26-21(24-15)16-9-11-23-12-10-16)7-8-20(27)25-17-3-5-18(6-4-17)30-14-13-29-2/h3-6,9-12H,7-8,13-14H2,1-2H3,(H,25,27)(H,24,26,28). The number of nitrogens with zero attached hydrogens (tertiary/aromatic N) is 2. The summed E-state index contributed by atoms with van der Waals surface area (Å²) in [6, 6.07) is 10.6. The highest BCUT2D eigenvalue weighted by Gasteiger charge is 2.12. The quantitative estimate of drug-likeness (QED) is 0.528. The Hall–Kier alpha value is -3.52. The molecule has 156 valence electrons. The van der Waals surface area contributed by atoms with Gasteiger partial charge in [-0.25, -0.2) is 4.98 Å². The third kappa shape index (κ3) is 5.74. The van der Waals surface area contributed by atoms with E-state index in [1.54, 1.807) is 62.8 Å². The normalized spacial score (nSPS) is 10.6. The van der Waals surface area contributed by atoms with E-state index in [4.69, 9.17) is 9.47 Å². The van der Waals surface area contributed by atoms with Gasteiger partial charge in [-0.1, -0.05) is 0 Å². The zero-order valence-corrected chi connectivity index (χ0v) is 17.0. The van der Waals surface area contributed by atoms with E-state index in [-0.39, 0.29) is 17.9 Å².